The third-order valence-corrected chi connectivity index (χ3v) is 4.44. The van der Waals surface area contributed by atoms with Crippen LogP contribution in [-0.4, -0.2) is 10.8 Å². The van der Waals surface area contributed by atoms with Gasteiger partial charge in [-0.1, -0.05) is 48.5 Å². The zero-order chi connectivity index (χ0) is 15.5. The number of carbonyl (C=O) groups is 1. The van der Waals surface area contributed by atoms with Crippen LogP contribution in [-0.2, 0) is 0 Å². The van der Waals surface area contributed by atoms with Crippen LogP contribution in [0.5, 0.6) is 0 Å². The van der Waals surface area contributed by atoms with E-state index in [1.807, 2.05) is 54.7 Å². The number of halogens is 1. The highest BCUT2D eigenvalue weighted by molar-refractivity contribution is 9.15. The van der Waals surface area contributed by atoms with E-state index in [4.69, 9.17) is 0 Å². The Morgan fingerprint density at radius 3 is 2.55 bits per heavy atom. The molecule has 0 saturated carbocycles. The molecule has 1 aliphatic heterocycles. The van der Waals surface area contributed by atoms with E-state index in [0.717, 1.165) is 15.6 Å². The van der Waals surface area contributed by atoms with Crippen LogP contribution in [0.3, 0.4) is 0 Å². The van der Waals surface area contributed by atoms with E-state index in [9.17, 15) is 4.79 Å². The molecule has 1 atom stereocenters. The second-order valence-corrected chi connectivity index (χ2v) is 6.04. The van der Waals surface area contributed by atoms with E-state index in [2.05, 4.69) is 34.6 Å². The van der Waals surface area contributed by atoms with Crippen molar-refractivity contribution in [2.75, 3.05) is 0 Å². The minimum atomic E-state index is -0.0253. The van der Waals surface area contributed by atoms with Gasteiger partial charge in [0.15, 0.2) is 0 Å². The summed E-state index contributed by atoms with van der Waals surface area (Å²) in [5.41, 5.74) is 2.96. The second kappa shape index (κ2) is 6.32. The molecular formula is C19H16BrNO. The molecular weight excluding hydrogens is 338 g/mol. The maximum absolute atomic E-state index is 12.9. The molecule has 0 spiro atoms. The maximum atomic E-state index is 12.9. The number of fused-ring (bicyclic) bond motifs is 1. The summed E-state index contributed by atoms with van der Waals surface area (Å²) in [4.78, 5) is 14.7. The summed E-state index contributed by atoms with van der Waals surface area (Å²) in [6.07, 6.45) is 4.46. The molecule has 0 aliphatic carbocycles. The van der Waals surface area contributed by atoms with Crippen LogP contribution in [0.15, 0.2) is 73.5 Å². The number of nitrogens with zero attached hydrogens (tertiary/aromatic N) is 1. The van der Waals surface area contributed by atoms with Gasteiger partial charge >= 0.3 is 0 Å². The molecule has 0 N–H and O–H groups in total. The normalized spacial score (nSPS) is 16.7. The van der Waals surface area contributed by atoms with Crippen molar-refractivity contribution in [1.82, 2.24) is 4.90 Å². The maximum Gasteiger partial charge on any atom is 0.258 e. The summed E-state index contributed by atoms with van der Waals surface area (Å²) < 4.78 is 0.924. The highest BCUT2D eigenvalue weighted by Gasteiger charge is 2.29. The predicted molar refractivity (Wildman–Crippen MR) is 93.5 cm³/mol. The Kier molecular flexibility index (Phi) is 4.25. The molecule has 0 saturated heterocycles. The summed E-state index contributed by atoms with van der Waals surface area (Å²) >= 11 is 3.59. The van der Waals surface area contributed by atoms with Crippen molar-refractivity contribution < 1.29 is 4.79 Å². The molecule has 0 bridgehead atoms. The van der Waals surface area contributed by atoms with E-state index < -0.39 is 0 Å². The molecule has 3 heteroatoms. The Balaban J connectivity index is 2.06. The predicted octanol–water partition coefficient (Wildman–Crippen LogP) is 5.15. The number of carbonyl (C=O) groups excluding carboxylic acids is 1. The van der Waals surface area contributed by atoms with Gasteiger partial charge in [-0.05, 0) is 45.6 Å². The summed E-state index contributed by atoms with van der Waals surface area (Å²) in [5, 5.41) is 0. The average molecular weight is 354 g/mol. The molecule has 2 nitrogen and oxygen atoms in total. The molecule has 3 rings (SSSR count). The fourth-order valence-electron chi connectivity index (χ4n) is 2.76. The lowest BCUT2D eigenvalue weighted by atomic mass is 9.93. The SMILES string of the molecule is C=CCC1c2ccccc2C(Br)=CN1C(=O)c1ccccc1. The molecule has 22 heavy (non-hydrogen) atoms. The molecule has 0 radical (unpaired) electrons. The summed E-state index contributed by atoms with van der Waals surface area (Å²) in [5.74, 6) is -0.00102. The highest BCUT2D eigenvalue weighted by atomic mass is 79.9. The Hall–Kier alpha value is -2.13. The molecule has 1 aliphatic rings. The number of hydrogen-bond donors (Lipinski definition) is 0. The van der Waals surface area contributed by atoms with Gasteiger partial charge in [0.05, 0.1) is 6.04 Å². The molecule has 110 valence electrons. The van der Waals surface area contributed by atoms with Crippen LogP contribution in [0.1, 0.15) is 33.9 Å². The van der Waals surface area contributed by atoms with Gasteiger partial charge in [-0.25, -0.2) is 0 Å². The Morgan fingerprint density at radius 1 is 1.14 bits per heavy atom. The minimum Gasteiger partial charge on any atom is -0.306 e. The first kappa shape index (κ1) is 14.8. The van der Waals surface area contributed by atoms with Crippen molar-refractivity contribution in [3.63, 3.8) is 0 Å². The van der Waals surface area contributed by atoms with Crippen molar-refractivity contribution in [3.05, 3.63) is 90.1 Å². The zero-order valence-corrected chi connectivity index (χ0v) is 13.7. The van der Waals surface area contributed by atoms with Gasteiger partial charge in [0, 0.05) is 16.2 Å². The van der Waals surface area contributed by atoms with Gasteiger partial charge < -0.3 is 4.90 Å². The third-order valence-electron chi connectivity index (χ3n) is 3.81. The fourth-order valence-corrected chi connectivity index (χ4v) is 3.35. The van der Waals surface area contributed by atoms with Crippen molar-refractivity contribution in [1.29, 1.82) is 0 Å². The van der Waals surface area contributed by atoms with E-state index >= 15 is 0 Å². The number of hydrogen-bond acceptors (Lipinski definition) is 1. The zero-order valence-electron chi connectivity index (χ0n) is 12.1. The molecule has 2 aromatic carbocycles. The lowest BCUT2D eigenvalue weighted by Gasteiger charge is -2.34. The lowest BCUT2D eigenvalue weighted by molar-refractivity contribution is 0.0766. The fraction of sp³-hybridized carbons (Fsp3) is 0.105. The van der Waals surface area contributed by atoms with Crippen LogP contribution in [0, 0.1) is 0 Å². The second-order valence-electron chi connectivity index (χ2n) is 5.18. The molecule has 0 aromatic heterocycles. The molecule has 1 heterocycles. The topological polar surface area (TPSA) is 20.3 Å². The Morgan fingerprint density at radius 2 is 1.82 bits per heavy atom. The van der Waals surface area contributed by atoms with E-state index in [-0.39, 0.29) is 11.9 Å². The van der Waals surface area contributed by atoms with Gasteiger partial charge in [-0.3, -0.25) is 4.79 Å². The smallest absolute Gasteiger partial charge is 0.258 e. The minimum absolute atomic E-state index is 0.00102. The molecule has 2 aromatic rings. The first-order valence-electron chi connectivity index (χ1n) is 7.17. The largest absolute Gasteiger partial charge is 0.306 e. The van der Waals surface area contributed by atoms with Crippen LogP contribution < -0.4 is 0 Å². The van der Waals surface area contributed by atoms with E-state index in [1.165, 1.54) is 0 Å². The molecule has 1 unspecified atom stereocenters. The van der Waals surface area contributed by atoms with Gasteiger partial charge in [-0.2, -0.15) is 0 Å². The monoisotopic (exact) mass is 353 g/mol. The standard InChI is InChI=1S/C19H16BrNO/c1-2-8-18-16-12-7-6-11-15(16)17(20)13-21(18)19(22)14-9-4-3-5-10-14/h2-7,9-13,18H,1,8H2. The Labute approximate surface area is 138 Å². The van der Waals surface area contributed by atoms with Gasteiger partial charge in [-0.15, -0.1) is 6.58 Å². The first-order chi connectivity index (χ1) is 10.7. The number of benzene rings is 2. The number of rotatable bonds is 3. The summed E-state index contributed by atoms with van der Waals surface area (Å²) in [6, 6.07) is 17.5. The summed E-state index contributed by atoms with van der Waals surface area (Å²) in [6.45, 7) is 3.84. The quantitative estimate of drug-likeness (QED) is 0.698. The third kappa shape index (κ3) is 2.64. The van der Waals surface area contributed by atoms with Gasteiger partial charge in [0.25, 0.3) is 5.91 Å². The number of amides is 1. The first-order valence-corrected chi connectivity index (χ1v) is 7.97. The lowest BCUT2D eigenvalue weighted by Crippen LogP contribution is -2.33. The van der Waals surface area contributed by atoms with Crippen molar-refractivity contribution >= 4 is 26.3 Å². The van der Waals surface area contributed by atoms with Crippen LogP contribution in [0.4, 0.5) is 0 Å². The average Bonchev–Trinajstić information content (AvgIpc) is 2.57. The van der Waals surface area contributed by atoms with Crippen molar-refractivity contribution in [2.24, 2.45) is 0 Å². The van der Waals surface area contributed by atoms with Gasteiger partial charge in [0.2, 0.25) is 0 Å². The molecule has 0 fully saturated rings. The highest BCUT2D eigenvalue weighted by Crippen LogP contribution is 2.39. The van der Waals surface area contributed by atoms with E-state index in [1.54, 1.807) is 4.90 Å². The van der Waals surface area contributed by atoms with Gasteiger partial charge in [0.1, 0.15) is 0 Å². The van der Waals surface area contributed by atoms with Crippen LogP contribution >= 0.6 is 15.9 Å². The van der Waals surface area contributed by atoms with E-state index in [0.29, 0.717) is 12.0 Å². The van der Waals surface area contributed by atoms with Crippen LogP contribution in [0.2, 0.25) is 0 Å². The summed E-state index contributed by atoms with van der Waals surface area (Å²) in [7, 11) is 0. The van der Waals surface area contributed by atoms with Crippen molar-refractivity contribution in [3.8, 4) is 0 Å². The Bertz CT molecular complexity index is 736. The molecule has 1 amide bonds. The van der Waals surface area contributed by atoms with Crippen molar-refractivity contribution in [2.45, 2.75) is 12.5 Å². The van der Waals surface area contributed by atoms with Crippen LogP contribution in [0.25, 0.3) is 4.48 Å².